The molecule has 0 bridgehead atoms. The van der Waals surface area contributed by atoms with Crippen molar-refractivity contribution in [3.05, 3.63) is 58.9 Å². The van der Waals surface area contributed by atoms with E-state index in [1.54, 1.807) is 30.3 Å². The third-order valence-electron chi connectivity index (χ3n) is 2.38. The molecule has 2 aromatic carbocycles. The minimum atomic E-state index is -0.266. The van der Waals surface area contributed by atoms with Crippen molar-refractivity contribution in [3.8, 4) is 0 Å². The second-order valence-electron chi connectivity index (χ2n) is 3.76. The predicted molar refractivity (Wildman–Crippen MR) is 72.0 cm³/mol. The van der Waals surface area contributed by atoms with Gasteiger partial charge in [0, 0.05) is 15.4 Å². The Kier molecular flexibility index (Phi) is 4.04. The molecule has 0 atom stereocenters. The topological polar surface area (TPSA) is 17.1 Å². The lowest BCUT2D eigenvalue weighted by Gasteiger charge is -2.05. The Morgan fingerprint density at radius 1 is 1.17 bits per heavy atom. The van der Waals surface area contributed by atoms with Crippen LogP contribution in [-0.4, -0.2) is 5.78 Å². The van der Waals surface area contributed by atoms with E-state index in [4.69, 9.17) is 11.6 Å². The normalized spacial score (nSPS) is 10.4. The van der Waals surface area contributed by atoms with Crippen LogP contribution in [0.1, 0.15) is 17.3 Å². The van der Waals surface area contributed by atoms with Gasteiger partial charge in [0.05, 0.1) is 5.02 Å². The molecule has 2 aromatic rings. The maximum Gasteiger partial charge on any atom is 0.159 e. The Labute approximate surface area is 114 Å². The van der Waals surface area contributed by atoms with Crippen LogP contribution < -0.4 is 0 Å². The van der Waals surface area contributed by atoms with E-state index in [1.807, 2.05) is 0 Å². The first-order chi connectivity index (χ1) is 8.56. The van der Waals surface area contributed by atoms with Gasteiger partial charge in [0.15, 0.2) is 5.78 Å². The molecule has 0 saturated carbocycles. The van der Waals surface area contributed by atoms with Gasteiger partial charge >= 0.3 is 0 Å². The zero-order valence-corrected chi connectivity index (χ0v) is 11.2. The summed E-state index contributed by atoms with van der Waals surface area (Å²) in [6.45, 7) is 1.50. The summed E-state index contributed by atoms with van der Waals surface area (Å²) in [4.78, 5) is 12.9. The van der Waals surface area contributed by atoms with E-state index in [9.17, 15) is 9.18 Å². The van der Waals surface area contributed by atoms with Crippen LogP contribution in [0, 0.1) is 5.82 Å². The largest absolute Gasteiger partial charge is 0.295 e. The fourth-order valence-electron chi connectivity index (χ4n) is 1.43. The Balaban J connectivity index is 2.24. The molecule has 0 fully saturated rings. The standard InChI is InChI=1S/C14H10ClFOS/c1-9(17)10-2-7-14(13(15)8-10)18-12-5-3-11(16)4-6-12/h2-8H,1H3. The van der Waals surface area contributed by atoms with Crippen molar-refractivity contribution in [1.29, 1.82) is 0 Å². The van der Waals surface area contributed by atoms with Gasteiger partial charge in [0.25, 0.3) is 0 Å². The molecule has 1 nitrogen and oxygen atoms in total. The molecule has 92 valence electrons. The van der Waals surface area contributed by atoms with Gasteiger partial charge in [-0.15, -0.1) is 0 Å². The number of carbonyl (C=O) groups excluding carboxylic acids is 1. The number of hydrogen-bond donors (Lipinski definition) is 0. The van der Waals surface area contributed by atoms with Crippen molar-refractivity contribution in [3.63, 3.8) is 0 Å². The molecule has 0 heterocycles. The molecule has 0 aliphatic carbocycles. The average Bonchev–Trinajstić information content (AvgIpc) is 2.34. The monoisotopic (exact) mass is 280 g/mol. The summed E-state index contributed by atoms with van der Waals surface area (Å²) in [7, 11) is 0. The first kappa shape index (κ1) is 13.1. The minimum absolute atomic E-state index is 0.0183. The third kappa shape index (κ3) is 3.12. The Morgan fingerprint density at radius 2 is 1.83 bits per heavy atom. The lowest BCUT2D eigenvalue weighted by molar-refractivity contribution is 0.101. The van der Waals surface area contributed by atoms with Crippen molar-refractivity contribution in [2.45, 2.75) is 16.7 Å². The van der Waals surface area contributed by atoms with Gasteiger partial charge in [-0.1, -0.05) is 29.4 Å². The second kappa shape index (κ2) is 5.55. The molecule has 0 amide bonds. The Bertz CT molecular complexity index is 581. The first-order valence-electron chi connectivity index (χ1n) is 5.30. The van der Waals surface area contributed by atoms with Gasteiger partial charge < -0.3 is 0 Å². The number of rotatable bonds is 3. The smallest absolute Gasteiger partial charge is 0.159 e. The summed E-state index contributed by atoms with van der Waals surface area (Å²) >= 11 is 7.54. The molecule has 4 heteroatoms. The number of halogens is 2. The summed E-state index contributed by atoms with van der Waals surface area (Å²) < 4.78 is 12.8. The van der Waals surface area contributed by atoms with Crippen LogP contribution in [0.3, 0.4) is 0 Å². The van der Waals surface area contributed by atoms with E-state index >= 15 is 0 Å². The summed E-state index contributed by atoms with van der Waals surface area (Å²) in [6.07, 6.45) is 0. The highest BCUT2D eigenvalue weighted by molar-refractivity contribution is 7.99. The van der Waals surface area contributed by atoms with Crippen LogP contribution >= 0.6 is 23.4 Å². The fourth-order valence-corrected chi connectivity index (χ4v) is 2.55. The zero-order valence-electron chi connectivity index (χ0n) is 9.61. The SMILES string of the molecule is CC(=O)c1ccc(Sc2ccc(F)cc2)c(Cl)c1. The summed E-state index contributed by atoms with van der Waals surface area (Å²) in [6, 6.07) is 11.4. The molecule has 0 aliphatic heterocycles. The molecule has 0 radical (unpaired) electrons. The lowest BCUT2D eigenvalue weighted by atomic mass is 10.1. The van der Waals surface area contributed by atoms with Crippen molar-refractivity contribution < 1.29 is 9.18 Å². The van der Waals surface area contributed by atoms with Gasteiger partial charge in [0.1, 0.15) is 5.82 Å². The van der Waals surface area contributed by atoms with E-state index in [-0.39, 0.29) is 11.6 Å². The van der Waals surface area contributed by atoms with E-state index in [2.05, 4.69) is 0 Å². The van der Waals surface area contributed by atoms with E-state index in [0.717, 1.165) is 9.79 Å². The molecule has 0 aliphatic rings. The van der Waals surface area contributed by atoms with Crippen LogP contribution in [0.25, 0.3) is 0 Å². The van der Waals surface area contributed by atoms with Crippen molar-refractivity contribution >= 4 is 29.1 Å². The van der Waals surface area contributed by atoms with Gasteiger partial charge in [-0.2, -0.15) is 0 Å². The van der Waals surface area contributed by atoms with Gasteiger partial charge in [0.2, 0.25) is 0 Å². The van der Waals surface area contributed by atoms with E-state index < -0.39 is 0 Å². The zero-order chi connectivity index (χ0) is 13.1. The quantitative estimate of drug-likeness (QED) is 0.749. The molecular weight excluding hydrogens is 271 g/mol. The molecule has 0 aromatic heterocycles. The fraction of sp³-hybridized carbons (Fsp3) is 0.0714. The average molecular weight is 281 g/mol. The van der Waals surface area contributed by atoms with Crippen molar-refractivity contribution in [2.24, 2.45) is 0 Å². The maximum atomic E-state index is 12.8. The molecule has 18 heavy (non-hydrogen) atoms. The molecule has 0 spiro atoms. The van der Waals surface area contributed by atoms with Gasteiger partial charge in [-0.25, -0.2) is 4.39 Å². The van der Waals surface area contributed by atoms with E-state index in [1.165, 1.54) is 30.8 Å². The molecular formula is C14H10ClFOS. The Hall–Kier alpha value is -1.32. The van der Waals surface area contributed by atoms with Crippen molar-refractivity contribution in [2.75, 3.05) is 0 Å². The predicted octanol–water partition coefficient (Wildman–Crippen LogP) is 4.83. The number of hydrogen-bond acceptors (Lipinski definition) is 2. The third-order valence-corrected chi connectivity index (χ3v) is 3.89. The lowest BCUT2D eigenvalue weighted by Crippen LogP contribution is -1.91. The summed E-state index contributed by atoms with van der Waals surface area (Å²) in [5.41, 5.74) is 0.587. The minimum Gasteiger partial charge on any atom is -0.295 e. The number of benzene rings is 2. The molecule has 0 N–H and O–H groups in total. The van der Waals surface area contributed by atoms with Crippen molar-refractivity contribution in [1.82, 2.24) is 0 Å². The van der Waals surface area contributed by atoms with Crippen LogP contribution in [0.4, 0.5) is 4.39 Å². The maximum absolute atomic E-state index is 12.8. The summed E-state index contributed by atoms with van der Waals surface area (Å²) in [5, 5.41) is 0.525. The highest BCUT2D eigenvalue weighted by Gasteiger charge is 2.06. The first-order valence-corrected chi connectivity index (χ1v) is 6.49. The van der Waals surface area contributed by atoms with E-state index in [0.29, 0.717) is 10.6 Å². The van der Waals surface area contributed by atoms with Crippen LogP contribution in [0.15, 0.2) is 52.3 Å². The van der Waals surface area contributed by atoms with Crippen LogP contribution in [0.2, 0.25) is 5.02 Å². The summed E-state index contributed by atoms with van der Waals surface area (Å²) in [5.74, 6) is -0.285. The highest BCUT2D eigenvalue weighted by Crippen LogP contribution is 2.33. The number of Topliss-reactive ketones (excluding diaryl/α,β-unsaturated/α-hetero) is 1. The Morgan fingerprint density at radius 3 is 2.39 bits per heavy atom. The van der Waals surface area contributed by atoms with Gasteiger partial charge in [-0.3, -0.25) is 4.79 Å². The number of ketones is 1. The highest BCUT2D eigenvalue weighted by atomic mass is 35.5. The second-order valence-corrected chi connectivity index (χ2v) is 5.28. The molecule has 0 saturated heterocycles. The number of carbonyl (C=O) groups is 1. The molecule has 0 unspecified atom stereocenters. The molecule has 2 rings (SSSR count). The van der Waals surface area contributed by atoms with Crippen LogP contribution in [0.5, 0.6) is 0 Å². The van der Waals surface area contributed by atoms with Gasteiger partial charge in [-0.05, 0) is 43.3 Å². The van der Waals surface area contributed by atoms with Crippen LogP contribution in [-0.2, 0) is 0 Å².